The fourth-order valence-corrected chi connectivity index (χ4v) is 1.91. The van der Waals surface area contributed by atoms with Crippen molar-refractivity contribution in [1.29, 1.82) is 0 Å². The van der Waals surface area contributed by atoms with Crippen molar-refractivity contribution in [2.75, 3.05) is 0 Å². The summed E-state index contributed by atoms with van der Waals surface area (Å²) in [5, 5.41) is 0. The SMILES string of the molecule is CC(=O)OC1CCC=CCCC=CCCC1. The molecule has 1 atom stereocenters. The maximum atomic E-state index is 10.9. The topological polar surface area (TPSA) is 26.3 Å². The highest BCUT2D eigenvalue weighted by Gasteiger charge is 2.10. The predicted octanol–water partition coefficient (Wildman–Crippen LogP) is 3.77. The van der Waals surface area contributed by atoms with Crippen molar-refractivity contribution in [2.24, 2.45) is 0 Å². The van der Waals surface area contributed by atoms with Crippen molar-refractivity contribution < 1.29 is 9.53 Å². The maximum Gasteiger partial charge on any atom is 0.302 e. The summed E-state index contributed by atoms with van der Waals surface area (Å²) in [7, 11) is 0. The van der Waals surface area contributed by atoms with Gasteiger partial charge in [-0.1, -0.05) is 24.3 Å². The summed E-state index contributed by atoms with van der Waals surface area (Å²) >= 11 is 0. The van der Waals surface area contributed by atoms with E-state index < -0.39 is 0 Å². The Morgan fingerprint density at radius 2 is 1.62 bits per heavy atom. The summed E-state index contributed by atoms with van der Waals surface area (Å²) in [6.07, 6.45) is 16.4. The molecule has 0 aromatic rings. The molecule has 0 aliphatic heterocycles. The van der Waals surface area contributed by atoms with Gasteiger partial charge in [-0.3, -0.25) is 4.79 Å². The lowest BCUT2D eigenvalue weighted by Gasteiger charge is -2.15. The zero-order valence-corrected chi connectivity index (χ0v) is 10.2. The number of hydrogen-bond acceptors (Lipinski definition) is 2. The van der Waals surface area contributed by atoms with Gasteiger partial charge in [0.1, 0.15) is 6.10 Å². The Balaban J connectivity index is 2.40. The van der Waals surface area contributed by atoms with Gasteiger partial charge < -0.3 is 4.74 Å². The van der Waals surface area contributed by atoms with Crippen LogP contribution in [-0.2, 0) is 9.53 Å². The minimum absolute atomic E-state index is 0.106. The van der Waals surface area contributed by atoms with Crippen LogP contribution >= 0.6 is 0 Å². The fourth-order valence-electron chi connectivity index (χ4n) is 1.91. The van der Waals surface area contributed by atoms with Gasteiger partial charge in [-0.05, 0) is 44.9 Å². The Hall–Kier alpha value is -1.05. The summed E-state index contributed by atoms with van der Waals surface area (Å²) in [5.41, 5.74) is 0. The molecule has 0 radical (unpaired) electrons. The second kappa shape index (κ2) is 8.14. The van der Waals surface area contributed by atoms with Crippen LogP contribution in [0.15, 0.2) is 24.3 Å². The lowest BCUT2D eigenvalue weighted by Crippen LogP contribution is -2.16. The Morgan fingerprint density at radius 3 is 2.31 bits per heavy atom. The van der Waals surface area contributed by atoms with E-state index in [-0.39, 0.29) is 12.1 Å². The molecule has 0 aromatic heterocycles. The lowest BCUT2D eigenvalue weighted by atomic mass is 10.1. The normalized spacial score (nSPS) is 23.2. The number of hydrogen-bond donors (Lipinski definition) is 0. The molecule has 1 rings (SSSR count). The van der Waals surface area contributed by atoms with Crippen LogP contribution in [-0.4, -0.2) is 12.1 Å². The van der Waals surface area contributed by atoms with Gasteiger partial charge in [0, 0.05) is 6.92 Å². The van der Waals surface area contributed by atoms with E-state index in [2.05, 4.69) is 24.3 Å². The van der Waals surface area contributed by atoms with Crippen LogP contribution in [0.4, 0.5) is 0 Å². The highest BCUT2D eigenvalue weighted by atomic mass is 16.5. The third-order valence-electron chi connectivity index (χ3n) is 2.72. The highest BCUT2D eigenvalue weighted by molar-refractivity contribution is 5.66. The molecule has 0 heterocycles. The van der Waals surface area contributed by atoms with Gasteiger partial charge >= 0.3 is 5.97 Å². The molecule has 0 spiro atoms. The second-order valence-electron chi connectivity index (χ2n) is 4.26. The predicted molar refractivity (Wildman–Crippen MR) is 66.2 cm³/mol. The van der Waals surface area contributed by atoms with E-state index in [1.807, 2.05) is 0 Å². The number of carbonyl (C=O) groups is 1. The van der Waals surface area contributed by atoms with E-state index in [4.69, 9.17) is 4.74 Å². The first-order valence-corrected chi connectivity index (χ1v) is 6.26. The molecular weight excluding hydrogens is 200 g/mol. The zero-order valence-electron chi connectivity index (χ0n) is 10.2. The van der Waals surface area contributed by atoms with Crippen LogP contribution in [0.1, 0.15) is 51.9 Å². The molecule has 2 heteroatoms. The first-order valence-electron chi connectivity index (χ1n) is 6.26. The van der Waals surface area contributed by atoms with Crippen molar-refractivity contribution in [1.82, 2.24) is 0 Å². The van der Waals surface area contributed by atoms with Gasteiger partial charge in [0.05, 0.1) is 0 Å². The van der Waals surface area contributed by atoms with Crippen LogP contribution in [0.25, 0.3) is 0 Å². The van der Waals surface area contributed by atoms with E-state index in [0.717, 1.165) is 44.9 Å². The third kappa shape index (κ3) is 6.44. The molecule has 0 saturated carbocycles. The fraction of sp³-hybridized carbons (Fsp3) is 0.643. The van der Waals surface area contributed by atoms with Crippen LogP contribution in [0.3, 0.4) is 0 Å². The van der Waals surface area contributed by atoms with Crippen LogP contribution < -0.4 is 0 Å². The second-order valence-corrected chi connectivity index (χ2v) is 4.26. The van der Waals surface area contributed by atoms with Gasteiger partial charge in [0.2, 0.25) is 0 Å². The molecule has 90 valence electrons. The standard InChI is InChI=1S/C14H22O2/c1-13(15)16-14-11-9-7-5-3-2-4-6-8-10-12-14/h3,5-6,8,14H,2,4,7,9-12H2,1H3. The van der Waals surface area contributed by atoms with Crippen molar-refractivity contribution in [3.8, 4) is 0 Å². The average molecular weight is 222 g/mol. The molecule has 1 unspecified atom stereocenters. The zero-order chi connectivity index (χ0) is 11.6. The first-order chi connectivity index (χ1) is 7.79. The van der Waals surface area contributed by atoms with Crippen molar-refractivity contribution >= 4 is 5.97 Å². The van der Waals surface area contributed by atoms with E-state index in [9.17, 15) is 4.79 Å². The molecule has 0 fully saturated rings. The summed E-state index contributed by atoms with van der Waals surface area (Å²) in [6, 6.07) is 0. The van der Waals surface area contributed by atoms with Gasteiger partial charge in [-0.15, -0.1) is 0 Å². The molecule has 0 amide bonds. The molecule has 0 aromatic carbocycles. The first kappa shape index (κ1) is 13.0. The number of rotatable bonds is 1. The van der Waals surface area contributed by atoms with Crippen LogP contribution in [0.5, 0.6) is 0 Å². The number of esters is 1. The molecule has 1 aliphatic rings. The van der Waals surface area contributed by atoms with E-state index in [1.54, 1.807) is 0 Å². The largest absolute Gasteiger partial charge is 0.463 e. The number of allylic oxidation sites excluding steroid dienone is 4. The smallest absolute Gasteiger partial charge is 0.302 e. The Labute approximate surface area is 98.4 Å². The molecule has 0 N–H and O–H groups in total. The van der Waals surface area contributed by atoms with Gasteiger partial charge in [-0.25, -0.2) is 0 Å². The van der Waals surface area contributed by atoms with Gasteiger partial charge in [0.15, 0.2) is 0 Å². The Kier molecular flexibility index (Phi) is 6.62. The van der Waals surface area contributed by atoms with Crippen molar-refractivity contribution in [3.05, 3.63) is 24.3 Å². The summed E-state index contributed by atoms with van der Waals surface area (Å²) in [5.74, 6) is -0.156. The summed E-state index contributed by atoms with van der Waals surface area (Å²) in [4.78, 5) is 10.9. The number of carbonyl (C=O) groups excluding carboxylic acids is 1. The summed E-state index contributed by atoms with van der Waals surface area (Å²) in [6.45, 7) is 1.49. The molecule has 0 saturated heterocycles. The van der Waals surface area contributed by atoms with Gasteiger partial charge in [-0.2, -0.15) is 0 Å². The van der Waals surface area contributed by atoms with Crippen molar-refractivity contribution in [3.63, 3.8) is 0 Å². The quantitative estimate of drug-likeness (QED) is 0.498. The van der Waals surface area contributed by atoms with E-state index in [0.29, 0.717) is 0 Å². The Morgan fingerprint density at radius 1 is 1.00 bits per heavy atom. The van der Waals surface area contributed by atoms with Crippen molar-refractivity contribution in [2.45, 2.75) is 58.0 Å². The average Bonchev–Trinajstić information content (AvgIpc) is 2.21. The molecular formula is C14H22O2. The molecule has 2 nitrogen and oxygen atoms in total. The van der Waals surface area contributed by atoms with Crippen LogP contribution in [0.2, 0.25) is 0 Å². The molecule has 16 heavy (non-hydrogen) atoms. The lowest BCUT2D eigenvalue weighted by molar-refractivity contribution is -0.146. The third-order valence-corrected chi connectivity index (χ3v) is 2.72. The summed E-state index contributed by atoms with van der Waals surface area (Å²) < 4.78 is 5.30. The van der Waals surface area contributed by atoms with E-state index >= 15 is 0 Å². The molecule has 0 bridgehead atoms. The van der Waals surface area contributed by atoms with Gasteiger partial charge in [0.25, 0.3) is 0 Å². The highest BCUT2D eigenvalue weighted by Crippen LogP contribution is 2.13. The monoisotopic (exact) mass is 222 g/mol. The number of ether oxygens (including phenoxy) is 1. The maximum absolute atomic E-state index is 10.9. The minimum Gasteiger partial charge on any atom is -0.463 e. The Bertz CT molecular complexity index is 253. The van der Waals surface area contributed by atoms with Crippen LogP contribution in [0, 0.1) is 0 Å². The van der Waals surface area contributed by atoms with E-state index in [1.165, 1.54) is 6.92 Å². The minimum atomic E-state index is -0.156. The molecule has 1 aliphatic carbocycles.